The topological polar surface area (TPSA) is 0 Å². The third-order valence-corrected chi connectivity index (χ3v) is 2.82. The van der Waals surface area contributed by atoms with Gasteiger partial charge in [-0.1, -0.05) is 0 Å². The Labute approximate surface area is 54.8 Å². The molecule has 0 amide bonds. The van der Waals surface area contributed by atoms with Crippen molar-refractivity contribution in [2.24, 2.45) is 5.92 Å². The molecule has 0 bridgehead atoms. The van der Waals surface area contributed by atoms with Crippen molar-refractivity contribution in [3.63, 3.8) is 0 Å². The molecule has 0 radical (unpaired) electrons. The Morgan fingerprint density at radius 1 is 1.50 bits per heavy atom. The maximum atomic E-state index is 1.54. The molecular formula is C4H7ClZn. The minimum absolute atomic E-state index is 0. The van der Waals surface area contributed by atoms with Crippen molar-refractivity contribution < 1.29 is 30.7 Å². The Morgan fingerprint density at radius 2 is 2.00 bits per heavy atom. The average Bonchev–Trinajstić information content (AvgIpc) is 2.12. The molecule has 1 rings (SSSR count). The second-order valence-corrected chi connectivity index (χ2v) is 2.94. The van der Waals surface area contributed by atoms with E-state index < -0.39 is 0 Å². The molecule has 1 saturated carbocycles. The summed E-state index contributed by atoms with van der Waals surface area (Å²) in [5.41, 5.74) is 0. The van der Waals surface area contributed by atoms with Crippen LogP contribution < -0.4 is 12.4 Å². The third kappa shape index (κ3) is 2.15. The van der Waals surface area contributed by atoms with Crippen molar-refractivity contribution >= 4 is 0 Å². The molecule has 0 N–H and O–H groups in total. The second-order valence-electron chi connectivity index (χ2n) is 1.73. The first-order valence-electron chi connectivity index (χ1n) is 2.22. The summed E-state index contributed by atoms with van der Waals surface area (Å²) in [5, 5.41) is 1.54. The van der Waals surface area contributed by atoms with Gasteiger partial charge in [0.05, 0.1) is 0 Å². The molecule has 0 spiro atoms. The van der Waals surface area contributed by atoms with Crippen LogP contribution in [0.5, 0.6) is 0 Å². The number of rotatable bonds is 1. The summed E-state index contributed by atoms with van der Waals surface area (Å²) in [4.78, 5) is 0. The van der Waals surface area contributed by atoms with Crippen LogP contribution >= 0.6 is 0 Å². The SMILES string of the molecule is [Cl-].[Zn+][CH2]C1CC1. The van der Waals surface area contributed by atoms with Crippen LogP contribution in [0.4, 0.5) is 0 Å². The van der Waals surface area contributed by atoms with Gasteiger partial charge < -0.3 is 12.4 Å². The summed E-state index contributed by atoms with van der Waals surface area (Å²) in [6, 6.07) is 0. The van der Waals surface area contributed by atoms with Gasteiger partial charge >= 0.3 is 42.1 Å². The first-order chi connectivity index (χ1) is 2.43. The summed E-state index contributed by atoms with van der Waals surface area (Å²) in [6.07, 6.45) is 3.08. The van der Waals surface area contributed by atoms with Gasteiger partial charge in [-0.15, -0.1) is 0 Å². The molecule has 0 aromatic carbocycles. The molecule has 6 heavy (non-hydrogen) atoms. The third-order valence-electron chi connectivity index (χ3n) is 1.11. The van der Waals surface area contributed by atoms with Gasteiger partial charge in [0.2, 0.25) is 0 Å². The fraction of sp³-hybridized carbons (Fsp3) is 1.00. The standard InChI is InChI=1S/C4H7.ClH.Zn/c1-4-2-3-4;;/h4H,1-3H2;1H;/q;;+1/p-1. The van der Waals surface area contributed by atoms with E-state index in [9.17, 15) is 0 Å². The van der Waals surface area contributed by atoms with Gasteiger partial charge in [0.15, 0.2) is 0 Å². The second kappa shape index (κ2) is 2.99. The summed E-state index contributed by atoms with van der Waals surface area (Å²) in [6.45, 7) is 0. The molecule has 1 aliphatic carbocycles. The van der Waals surface area contributed by atoms with E-state index in [0.717, 1.165) is 0 Å². The van der Waals surface area contributed by atoms with Crippen LogP contribution in [0.2, 0.25) is 5.02 Å². The molecule has 0 aromatic rings. The first-order valence-corrected chi connectivity index (χ1v) is 4.32. The Morgan fingerprint density at radius 3 is 2.00 bits per heavy atom. The van der Waals surface area contributed by atoms with Crippen LogP contribution in [0, 0.1) is 5.92 Å². The Hall–Kier alpha value is 0.913. The van der Waals surface area contributed by atoms with Crippen molar-refractivity contribution in [2.75, 3.05) is 0 Å². The van der Waals surface area contributed by atoms with E-state index >= 15 is 0 Å². The molecule has 0 heterocycles. The zero-order valence-corrected chi connectivity index (χ0v) is 7.51. The molecular weight excluding hydrogens is 149 g/mol. The Kier molecular flexibility index (Phi) is 3.44. The van der Waals surface area contributed by atoms with Crippen LogP contribution in [0.15, 0.2) is 0 Å². The molecule has 0 unspecified atom stereocenters. The monoisotopic (exact) mass is 154 g/mol. The van der Waals surface area contributed by atoms with Crippen LogP contribution in [-0.4, -0.2) is 0 Å². The van der Waals surface area contributed by atoms with E-state index in [0.29, 0.717) is 0 Å². The zero-order chi connectivity index (χ0) is 3.70. The number of hydrogen-bond acceptors (Lipinski definition) is 0. The van der Waals surface area contributed by atoms with Gasteiger partial charge in [0.25, 0.3) is 0 Å². The van der Waals surface area contributed by atoms with Crippen LogP contribution in [0.25, 0.3) is 0 Å². The molecule has 0 saturated heterocycles. The summed E-state index contributed by atoms with van der Waals surface area (Å²) in [7, 11) is 0. The Bertz CT molecular complexity index is 34.5. The van der Waals surface area contributed by atoms with Crippen molar-refractivity contribution in [3.05, 3.63) is 0 Å². The zero-order valence-electron chi connectivity index (χ0n) is 3.78. The molecule has 1 fully saturated rings. The fourth-order valence-corrected chi connectivity index (χ4v) is 1.62. The molecule has 2 heteroatoms. The van der Waals surface area contributed by atoms with Crippen LogP contribution in [0.3, 0.4) is 0 Å². The number of halogens is 1. The predicted molar refractivity (Wildman–Crippen MR) is 17.5 cm³/mol. The van der Waals surface area contributed by atoms with Gasteiger partial charge in [0.1, 0.15) is 0 Å². The molecule has 0 atom stereocenters. The normalized spacial score (nSPS) is 19.7. The maximum absolute atomic E-state index is 1.54. The van der Waals surface area contributed by atoms with Crippen molar-refractivity contribution in [1.82, 2.24) is 0 Å². The summed E-state index contributed by atoms with van der Waals surface area (Å²) in [5.74, 6) is 1.19. The summed E-state index contributed by atoms with van der Waals surface area (Å²) < 4.78 is 0. The predicted octanol–water partition coefficient (Wildman–Crippen LogP) is -1.63. The van der Waals surface area contributed by atoms with Gasteiger partial charge in [-0.2, -0.15) is 0 Å². The van der Waals surface area contributed by atoms with E-state index in [4.69, 9.17) is 0 Å². The van der Waals surface area contributed by atoms with E-state index in [-0.39, 0.29) is 12.4 Å². The van der Waals surface area contributed by atoms with Crippen molar-refractivity contribution in [1.29, 1.82) is 0 Å². The van der Waals surface area contributed by atoms with Crippen molar-refractivity contribution in [3.8, 4) is 0 Å². The quantitative estimate of drug-likeness (QED) is 0.399. The van der Waals surface area contributed by atoms with E-state index in [2.05, 4.69) is 0 Å². The van der Waals surface area contributed by atoms with Gasteiger partial charge in [0, 0.05) is 0 Å². The van der Waals surface area contributed by atoms with Gasteiger partial charge in [-0.05, 0) is 0 Å². The molecule has 0 aromatic heterocycles. The summed E-state index contributed by atoms with van der Waals surface area (Å²) >= 11 is 1.52. The van der Waals surface area contributed by atoms with E-state index in [1.807, 2.05) is 0 Å². The van der Waals surface area contributed by atoms with Crippen LogP contribution in [-0.2, 0) is 18.3 Å². The Balaban J connectivity index is 0.000000250. The first kappa shape index (κ1) is 6.91. The van der Waals surface area contributed by atoms with E-state index in [1.165, 1.54) is 24.2 Å². The van der Waals surface area contributed by atoms with E-state index in [1.54, 1.807) is 17.9 Å². The van der Waals surface area contributed by atoms with Crippen LogP contribution in [0.1, 0.15) is 12.8 Å². The van der Waals surface area contributed by atoms with Gasteiger partial charge in [-0.3, -0.25) is 0 Å². The molecule has 0 nitrogen and oxygen atoms in total. The minimum atomic E-state index is 0. The number of hydrogen-bond donors (Lipinski definition) is 0. The molecule has 32 valence electrons. The molecule has 0 aliphatic heterocycles. The average molecular weight is 156 g/mol. The molecule has 1 aliphatic rings. The fourth-order valence-electron chi connectivity index (χ4n) is 0.407. The van der Waals surface area contributed by atoms with Gasteiger partial charge in [-0.25, -0.2) is 0 Å². The van der Waals surface area contributed by atoms with Crippen molar-refractivity contribution in [2.45, 2.75) is 17.9 Å².